The summed E-state index contributed by atoms with van der Waals surface area (Å²) < 4.78 is 0. The minimum absolute atomic E-state index is 0.105. The molecule has 1 aromatic heterocycles. The van der Waals surface area contributed by atoms with E-state index >= 15 is 0 Å². The molecule has 1 unspecified atom stereocenters. The number of amides is 4. The first-order valence-corrected chi connectivity index (χ1v) is 10.5. The zero-order chi connectivity index (χ0) is 19.3. The SMILES string of the molecule is O=C1CN(C2CC2)C(=O)N1CC(=O)N1CCc2sccc2C1c1ccccc1. The van der Waals surface area contributed by atoms with E-state index in [4.69, 9.17) is 0 Å². The van der Waals surface area contributed by atoms with E-state index in [-0.39, 0.29) is 43.0 Å². The number of imide groups is 1. The van der Waals surface area contributed by atoms with E-state index in [1.165, 1.54) is 4.88 Å². The van der Waals surface area contributed by atoms with Crippen molar-refractivity contribution in [2.24, 2.45) is 0 Å². The van der Waals surface area contributed by atoms with Crippen molar-refractivity contribution in [1.29, 1.82) is 0 Å². The molecule has 6 nitrogen and oxygen atoms in total. The van der Waals surface area contributed by atoms with Crippen LogP contribution in [0.3, 0.4) is 0 Å². The fraction of sp³-hybridized carbons (Fsp3) is 0.381. The lowest BCUT2D eigenvalue weighted by Crippen LogP contribution is -2.47. The molecule has 7 heteroatoms. The molecule has 1 atom stereocenters. The van der Waals surface area contributed by atoms with E-state index < -0.39 is 0 Å². The van der Waals surface area contributed by atoms with Crippen LogP contribution in [0.1, 0.15) is 34.9 Å². The summed E-state index contributed by atoms with van der Waals surface area (Å²) in [5, 5.41) is 2.07. The highest BCUT2D eigenvalue weighted by Gasteiger charge is 2.45. The van der Waals surface area contributed by atoms with Crippen LogP contribution in [0.4, 0.5) is 4.79 Å². The average Bonchev–Trinajstić information content (AvgIpc) is 3.38. The Morgan fingerprint density at radius 3 is 2.64 bits per heavy atom. The predicted molar refractivity (Wildman–Crippen MR) is 105 cm³/mol. The van der Waals surface area contributed by atoms with Gasteiger partial charge < -0.3 is 9.80 Å². The highest BCUT2D eigenvalue weighted by atomic mass is 32.1. The van der Waals surface area contributed by atoms with Gasteiger partial charge in [0.15, 0.2) is 0 Å². The molecule has 144 valence electrons. The lowest BCUT2D eigenvalue weighted by molar-refractivity contribution is -0.138. The smallest absolute Gasteiger partial charge is 0.327 e. The van der Waals surface area contributed by atoms with Gasteiger partial charge >= 0.3 is 6.03 Å². The Morgan fingerprint density at radius 2 is 1.89 bits per heavy atom. The van der Waals surface area contributed by atoms with Gasteiger partial charge in [-0.05, 0) is 41.8 Å². The van der Waals surface area contributed by atoms with Crippen molar-refractivity contribution < 1.29 is 14.4 Å². The van der Waals surface area contributed by atoms with Crippen molar-refractivity contribution in [3.8, 4) is 0 Å². The fourth-order valence-corrected chi connectivity index (χ4v) is 5.10. The van der Waals surface area contributed by atoms with Crippen molar-refractivity contribution in [1.82, 2.24) is 14.7 Å². The largest absolute Gasteiger partial charge is 0.330 e. The molecule has 1 aliphatic carbocycles. The Bertz CT molecular complexity index is 937. The third-order valence-electron chi connectivity index (χ3n) is 5.77. The number of carbonyl (C=O) groups is 3. The molecule has 1 saturated heterocycles. The normalized spacial score (nSPS) is 22.0. The minimum Gasteiger partial charge on any atom is -0.330 e. The lowest BCUT2D eigenvalue weighted by Gasteiger charge is -2.37. The summed E-state index contributed by atoms with van der Waals surface area (Å²) in [6.45, 7) is 0.520. The van der Waals surface area contributed by atoms with Crippen molar-refractivity contribution in [2.45, 2.75) is 31.3 Å². The summed E-state index contributed by atoms with van der Waals surface area (Å²) in [6, 6.07) is 11.7. The van der Waals surface area contributed by atoms with Gasteiger partial charge in [-0.15, -0.1) is 11.3 Å². The van der Waals surface area contributed by atoms with Crippen LogP contribution in [0.5, 0.6) is 0 Å². The molecule has 3 heterocycles. The van der Waals surface area contributed by atoms with Crippen molar-refractivity contribution in [3.63, 3.8) is 0 Å². The minimum atomic E-state index is -0.314. The summed E-state index contributed by atoms with van der Waals surface area (Å²) >= 11 is 1.72. The number of fused-ring (bicyclic) bond motifs is 1. The number of nitrogens with zero attached hydrogens (tertiary/aromatic N) is 3. The lowest BCUT2D eigenvalue weighted by atomic mass is 9.93. The second-order valence-corrected chi connectivity index (χ2v) is 8.57. The van der Waals surface area contributed by atoms with Crippen LogP contribution < -0.4 is 0 Å². The molecule has 2 aliphatic heterocycles. The first-order chi connectivity index (χ1) is 13.6. The van der Waals surface area contributed by atoms with Crippen LogP contribution in [0.25, 0.3) is 0 Å². The van der Waals surface area contributed by atoms with Crippen molar-refractivity contribution in [2.75, 3.05) is 19.6 Å². The summed E-state index contributed by atoms with van der Waals surface area (Å²) in [5.41, 5.74) is 2.20. The van der Waals surface area contributed by atoms with E-state index in [0.717, 1.165) is 35.3 Å². The van der Waals surface area contributed by atoms with Crippen LogP contribution in [-0.4, -0.2) is 58.2 Å². The second kappa shape index (κ2) is 6.74. The van der Waals surface area contributed by atoms with Crippen LogP contribution in [0.15, 0.2) is 41.8 Å². The van der Waals surface area contributed by atoms with Crippen LogP contribution >= 0.6 is 11.3 Å². The van der Waals surface area contributed by atoms with E-state index in [1.807, 2.05) is 35.2 Å². The molecule has 0 N–H and O–H groups in total. The van der Waals surface area contributed by atoms with Gasteiger partial charge in [0.1, 0.15) is 13.1 Å². The third-order valence-corrected chi connectivity index (χ3v) is 6.76. The molecular formula is C21H21N3O3S. The maximum Gasteiger partial charge on any atom is 0.327 e. The fourth-order valence-electron chi connectivity index (χ4n) is 4.19. The summed E-state index contributed by atoms with van der Waals surface area (Å²) in [7, 11) is 0. The zero-order valence-electron chi connectivity index (χ0n) is 15.4. The third kappa shape index (κ3) is 2.90. The zero-order valence-corrected chi connectivity index (χ0v) is 16.2. The second-order valence-electron chi connectivity index (χ2n) is 7.57. The Labute approximate surface area is 167 Å². The number of carbonyl (C=O) groups excluding carboxylic acids is 3. The standard InChI is InChI=1S/C21H21N3O3S/c25-18(13-24-19(26)12-23(21(24)27)15-6-7-15)22-10-8-17-16(9-11-28-17)20(22)14-4-2-1-3-5-14/h1-5,9,11,15,20H,6-8,10,12-13H2. The van der Waals surface area contributed by atoms with Crippen LogP contribution in [0.2, 0.25) is 0 Å². The maximum absolute atomic E-state index is 13.2. The first-order valence-electron chi connectivity index (χ1n) is 9.65. The Hall–Kier alpha value is -2.67. The molecule has 2 fully saturated rings. The molecule has 28 heavy (non-hydrogen) atoms. The van der Waals surface area contributed by atoms with E-state index in [2.05, 4.69) is 11.4 Å². The molecule has 1 saturated carbocycles. The van der Waals surface area contributed by atoms with E-state index in [9.17, 15) is 14.4 Å². The molecule has 0 bridgehead atoms. The van der Waals surface area contributed by atoms with Crippen LogP contribution in [0, 0.1) is 0 Å². The number of thiophene rings is 1. The molecule has 0 spiro atoms. The highest BCUT2D eigenvalue weighted by molar-refractivity contribution is 7.10. The Kier molecular flexibility index (Phi) is 4.19. The quantitative estimate of drug-likeness (QED) is 0.748. The summed E-state index contributed by atoms with van der Waals surface area (Å²) in [4.78, 5) is 44.0. The predicted octanol–water partition coefficient (Wildman–Crippen LogP) is 2.65. The van der Waals surface area contributed by atoms with Gasteiger partial charge in [-0.1, -0.05) is 30.3 Å². The van der Waals surface area contributed by atoms with Gasteiger partial charge in [0.05, 0.1) is 6.04 Å². The highest BCUT2D eigenvalue weighted by Crippen LogP contribution is 2.38. The topological polar surface area (TPSA) is 60.9 Å². The molecule has 4 amide bonds. The van der Waals surface area contributed by atoms with Crippen molar-refractivity contribution in [3.05, 3.63) is 57.8 Å². The van der Waals surface area contributed by atoms with Gasteiger partial charge in [-0.2, -0.15) is 0 Å². The molecule has 0 radical (unpaired) electrons. The molecule has 5 rings (SSSR count). The number of urea groups is 1. The molecule has 3 aliphatic rings. The molecular weight excluding hydrogens is 374 g/mol. The summed E-state index contributed by atoms with van der Waals surface area (Å²) in [5.74, 6) is -0.445. The van der Waals surface area contributed by atoms with Crippen LogP contribution in [-0.2, 0) is 16.0 Å². The Balaban J connectivity index is 1.40. The van der Waals surface area contributed by atoms with Gasteiger partial charge in [-0.3, -0.25) is 14.5 Å². The van der Waals surface area contributed by atoms with Gasteiger partial charge in [0.2, 0.25) is 5.91 Å². The average molecular weight is 395 g/mol. The van der Waals surface area contributed by atoms with E-state index in [1.54, 1.807) is 16.2 Å². The molecule has 2 aromatic rings. The summed E-state index contributed by atoms with van der Waals surface area (Å²) in [6.07, 6.45) is 2.70. The Morgan fingerprint density at radius 1 is 1.11 bits per heavy atom. The van der Waals surface area contributed by atoms with Gasteiger partial charge in [-0.25, -0.2) is 4.79 Å². The van der Waals surface area contributed by atoms with Gasteiger partial charge in [0, 0.05) is 17.5 Å². The van der Waals surface area contributed by atoms with Crippen molar-refractivity contribution >= 4 is 29.2 Å². The monoisotopic (exact) mass is 395 g/mol. The van der Waals surface area contributed by atoms with Gasteiger partial charge in [0.25, 0.3) is 5.91 Å². The van der Waals surface area contributed by atoms with E-state index in [0.29, 0.717) is 6.54 Å². The first kappa shape index (κ1) is 17.4. The number of rotatable bonds is 4. The number of benzene rings is 1. The number of hydrogen-bond acceptors (Lipinski definition) is 4. The number of hydrogen-bond donors (Lipinski definition) is 0. The molecule has 1 aromatic carbocycles. The maximum atomic E-state index is 13.2.